The maximum Gasteiger partial charge on any atom is 0.309 e. The third-order valence-electron chi connectivity index (χ3n) is 3.40. The summed E-state index contributed by atoms with van der Waals surface area (Å²) in [5, 5.41) is 19.0. The molecule has 19 heavy (non-hydrogen) atoms. The molecule has 106 valence electrons. The average Bonchev–Trinajstić information content (AvgIpc) is 2.39. The maximum absolute atomic E-state index is 11.1. The lowest BCUT2D eigenvalue weighted by Gasteiger charge is -2.25. The summed E-state index contributed by atoms with van der Waals surface area (Å²) in [5.74, 6) is -0.878. The van der Waals surface area contributed by atoms with Crippen LogP contribution in [0.5, 0.6) is 0 Å². The van der Waals surface area contributed by atoms with E-state index in [0.29, 0.717) is 13.0 Å². The molecule has 0 spiro atoms. The van der Waals surface area contributed by atoms with Crippen LogP contribution in [0.4, 0.5) is 0 Å². The van der Waals surface area contributed by atoms with Crippen molar-refractivity contribution in [1.82, 2.24) is 0 Å². The fraction of sp³-hybridized carbons (Fsp3) is 0.533. The second-order valence-electron chi connectivity index (χ2n) is 5.08. The van der Waals surface area contributed by atoms with Crippen LogP contribution in [-0.2, 0) is 16.1 Å². The van der Waals surface area contributed by atoms with Crippen molar-refractivity contribution in [3.63, 3.8) is 0 Å². The fourth-order valence-corrected chi connectivity index (χ4v) is 1.85. The summed E-state index contributed by atoms with van der Waals surface area (Å²) in [6.45, 7) is 4.03. The highest BCUT2D eigenvalue weighted by atomic mass is 16.5. The Morgan fingerprint density at radius 2 is 2.00 bits per heavy atom. The van der Waals surface area contributed by atoms with E-state index in [0.717, 1.165) is 5.56 Å². The summed E-state index contributed by atoms with van der Waals surface area (Å²) in [6, 6.07) is 9.67. The molecule has 2 N–H and O–H groups in total. The third kappa shape index (κ3) is 5.01. The quantitative estimate of drug-likeness (QED) is 0.758. The highest BCUT2D eigenvalue weighted by molar-refractivity contribution is 5.74. The van der Waals surface area contributed by atoms with Gasteiger partial charge in [-0.3, -0.25) is 4.79 Å². The van der Waals surface area contributed by atoms with Crippen molar-refractivity contribution in [2.75, 3.05) is 6.61 Å². The van der Waals surface area contributed by atoms with Crippen LogP contribution in [0.1, 0.15) is 32.3 Å². The first-order valence-corrected chi connectivity index (χ1v) is 6.51. The molecule has 2 atom stereocenters. The number of rotatable bonds is 8. The molecule has 2 unspecified atom stereocenters. The number of carbonyl (C=O) groups is 1. The van der Waals surface area contributed by atoms with E-state index < -0.39 is 17.5 Å². The molecule has 4 nitrogen and oxygen atoms in total. The second-order valence-corrected chi connectivity index (χ2v) is 5.08. The van der Waals surface area contributed by atoms with Gasteiger partial charge in [-0.2, -0.15) is 0 Å². The van der Waals surface area contributed by atoms with Crippen LogP contribution in [0.15, 0.2) is 30.3 Å². The molecule has 0 fully saturated rings. The van der Waals surface area contributed by atoms with Crippen molar-refractivity contribution in [1.29, 1.82) is 0 Å². The SMILES string of the molecule is CCC(C)(CC(O)COCc1ccccc1)C(=O)O. The Kier molecular flexibility index (Phi) is 5.99. The number of carboxylic acid groups (broad SMARTS) is 1. The first-order valence-electron chi connectivity index (χ1n) is 6.51. The second kappa shape index (κ2) is 7.26. The Morgan fingerprint density at radius 3 is 2.53 bits per heavy atom. The zero-order chi connectivity index (χ0) is 14.3. The van der Waals surface area contributed by atoms with Gasteiger partial charge in [0.1, 0.15) is 0 Å². The lowest BCUT2D eigenvalue weighted by atomic mass is 9.82. The molecular weight excluding hydrogens is 244 g/mol. The van der Waals surface area contributed by atoms with Gasteiger partial charge in [-0.05, 0) is 25.3 Å². The van der Waals surface area contributed by atoms with Crippen LogP contribution in [0.2, 0.25) is 0 Å². The first kappa shape index (κ1) is 15.7. The van der Waals surface area contributed by atoms with Crippen molar-refractivity contribution in [2.24, 2.45) is 5.41 Å². The molecule has 1 aromatic rings. The summed E-state index contributed by atoms with van der Waals surface area (Å²) >= 11 is 0. The van der Waals surface area contributed by atoms with Gasteiger partial charge in [0.15, 0.2) is 0 Å². The molecule has 1 rings (SSSR count). The van der Waals surface area contributed by atoms with E-state index >= 15 is 0 Å². The number of aliphatic hydroxyl groups excluding tert-OH is 1. The average molecular weight is 266 g/mol. The van der Waals surface area contributed by atoms with Gasteiger partial charge in [-0.15, -0.1) is 0 Å². The molecule has 0 aliphatic rings. The number of hydrogen-bond donors (Lipinski definition) is 2. The van der Waals surface area contributed by atoms with Crippen molar-refractivity contribution >= 4 is 5.97 Å². The van der Waals surface area contributed by atoms with Gasteiger partial charge in [0.25, 0.3) is 0 Å². The van der Waals surface area contributed by atoms with Gasteiger partial charge in [0.05, 0.1) is 24.7 Å². The Balaban J connectivity index is 2.35. The maximum atomic E-state index is 11.1. The van der Waals surface area contributed by atoms with Crippen LogP contribution in [0.3, 0.4) is 0 Å². The van der Waals surface area contributed by atoms with E-state index in [1.807, 2.05) is 37.3 Å². The normalized spacial score (nSPS) is 15.7. The number of carboxylic acids is 1. The number of benzene rings is 1. The molecule has 0 amide bonds. The molecule has 0 saturated heterocycles. The fourth-order valence-electron chi connectivity index (χ4n) is 1.85. The van der Waals surface area contributed by atoms with Gasteiger partial charge in [0, 0.05) is 0 Å². The minimum Gasteiger partial charge on any atom is -0.481 e. The molecule has 0 aliphatic heterocycles. The molecule has 0 aliphatic carbocycles. The molecule has 0 aromatic heterocycles. The summed E-state index contributed by atoms with van der Waals surface area (Å²) in [7, 11) is 0. The Hall–Kier alpha value is -1.39. The number of aliphatic hydroxyl groups is 1. The van der Waals surface area contributed by atoms with E-state index in [9.17, 15) is 9.90 Å². The minimum atomic E-state index is -0.893. The smallest absolute Gasteiger partial charge is 0.309 e. The lowest BCUT2D eigenvalue weighted by molar-refractivity contribution is -0.150. The molecule has 0 bridgehead atoms. The molecular formula is C15H22O4. The number of ether oxygens (including phenoxy) is 1. The van der Waals surface area contributed by atoms with E-state index in [1.165, 1.54) is 0 Å². The van der Waals surface area contributed by atoms with Crippen LogP contribution in [0.25, 0.3) is 0 Å². The largest absolute Gasteiger partial charge is 0.481 e. The van der Waals surface area contributed by atoms with Crippen molar-refractivity contribution in [2.45, 2.75) is 39.4 Å². The van der Waals surface area contributed by atoms with E-state index in [1.54, 1.807) is 6.92 Å². The van der Waals surface area contributed by atoms with Crippen molar-refractivity contribution in [3.8, 4) is 0 Å². The Labute approximate surface area is 114 Å². The molecule has 1 aromatic carbocycles. The highest BCUT2D eigenvalue weighted by Crippen LogP contribution is 2.27. The monoisotopic (exact) mass is 266 g/mol. The van der Waals surface area contributed by atoms with Gasteiger partial charge in [-0.25, -0.2) is 0 Å². The lowest BCUT2D eigenvalue weighted by Crippen LogP contribution is -2.33. The highest BCUT2D eigenvalue weighted by Gasteiger charge is 2.33. The van der Waals surface area contributed by atoms with Crippen LogP contribution < -0.4 is 0 Å². The third-order valence-corrected chi connectivity index (χ3v) is 3.40. The molecule has 0 saturated carbocycles. The summed E-state index contributed by atoms with van der Waals surface area (Å²) < 4.78 is 5.41. The molecule has 4 heteroatoms. The van der Waals surface area contributed by atoms with E-state index in [4.69, 9.17) is 9.84 Å². The van der Waals surface area contributed by atoms with Crippen LogP contribution in [0, 0.1) is 5.41 Å². The van der Waals surface area contributed by atoms with Gasteiger partial charge in [0.2, 0.25) is 0 Å². The standard InChI is InChI=1S/C15H22O4/c1-3-15(2,14(17)18)9-13(16)11-19-10-12-7-5-4-6-8-12/h4-8,13,16H,3,9-11H2,1-2H3,(H,17,18). The van der Waals surface area contributed by atoms with E-state index in [2.05, 4.69) is 0 Å². The van der Waals surface area contributed by atoms with Crippen molar-refractivity contribution in [3.05, 3.63) is 35.9 Å². The number of aliphatic carboxylic acids is 1. The van der Waals surface area contributed by atoms with Crippen molar-refractivity contribution < 1.29 is 19.7 Å². The summed E-state index contributed by atoms with van der Waals surface area (Å²) in [6.07, 6.45) is -0.0733. The summed E-state index contributed by atoms with van der Waals surface area (Å²) in [4.78, 5) is 11.1. The summed E-state index contributed by atoms with van der Waals surface area (Å²) in [5.41, 5.74) is 0.140. The first-order chi connectivity index (χ1) is 8.98. The Bertz CT molecular complexity index is 390. The predicted octanol–water partition coefficient (Wildman–Crippen LogP) is 2.46. The van der Waals surface area contributed by atoms with E-state index in [-0.39, 0.29) is 13.0 Å². The van der Waals surface area contributed by atoms with Crippen LogP contribution >= 0.6 is 0 Å². The number of hydrogen-bond acceptors (Lipinski definition) is 3. The molecule has 0 heterocycles. The van der Waals surface area contributed by atoms with Gasteiger partial charge >= 0.3 is 5.97 Å². The zero-order valence-electron chi connectivity index (χ0n) is 11.5. The zero-order valence-corrected chi connectivity index (χ0v) is 11.5. The molecule has 0 radical (unpaired) electrons. The van der Waals surface area contributed by atoms with Gasteiger partial charge < -0.3 is 14.9 Å². The Morgan fingerprint density at radius 1 is 1.37 bits per heavy atom. The minimum absolute atomic E-state index is 0.151. The van der Waals surface area contributed by atoms with Crippen LogP contribution in [-0.4, -0.2) is 28.9 Å². The topological polar surface area (TPSA) is 66.8 Å². The van der Waals surface area contributed by atoms with Gasteiger partial charge in [-0.1, -0.05) is 37.3 Å². The predicted molar refractivity (Wildman–Crippen MR) is 72.8 cm³/mol.